The van der Waals surface area contributed by atoms with Gasteiger partial charge in [0.15, 0.2) is 0 Å². The topological polar surface area (TPSA) is 54.0 Å². The summed E-state index contributed by atoms with van der Waals surface area (Å²) in [6, 6.07) is 18.3. The van der Waals surface area contributed by atoms with Gasteiger partial charge in [0, 0.05) is 11.1 Å². The van der Waals surface area contributed by atoms with Crippen molar-refractivity contribution in [3.05, 3.63) is 71.4 Å². The Morgan fingerprint density at radius 2 is 1.83 bits per heavy atom. The minimum Gasteiger partial charge on any atom is -0.325 e. The fourth-order valence-electron chi connectivity index (χ4n) is 3.76. The molecule has 4 nitrogen and oxygen atoms in total. The molecule has 2 heterocycles. The van der Waals surface area contributed by atoms with Gasteiger partial charge in [-0.1, -0.05) is 30.3 Å². The predicted octanol–water partition coefficient (Wildman–Crippen LogP) is 4.72. The molecule has 2 N–H and O–H groups in total. The number of nitrogens with one attached hydrogen (secondary N) is 2. The number of pyridine rings is 1. The van der Waals surface area contributed by atoms with Crippen molar-refractivity contribution < 1.29 is 4.79 Å². The number of anilines is 1. The Morgan fingerprint density at radius 3 is 2.55 bits per heavy atom. The quantitative estimate of drug-likeness (QED) is 0.614. The van der Waals surface area contributed by atoms with Crippen molar-refractivity contribution in [1.82, 2.24) is 10.3 Å². The monoisotopic (exact) mass is 431 g/mol. The minimum atomic E-state index is -0.00387. The molecule has 0 spiro atoms. The van der Waals surface area contributed by atoms with E-state index in [9.17, 15) is 4.79 Å². The zero-order valence-electron chi connectivity index (χ0n) is 16.5. The molecule has 3 aromatic rings. The van der Waals surface area contributed by atoms with Crippen molar-refractivity contribution in [2.45, 2.75) is 26.2 Å². The van der Waals surface area contributed by atoms with Crippen molar-refractivity contribution >= 4 is 47.3 Å². The van der Waals surface area contributed by atoms with Gasteiger partial charge in [-0.3, -0.25) is 9.78 Å². The lowest BCUT2D eigenvalue weighted by Crippen LogP contribution is -2.15. The van der Waals surface area contributed by atoms with Gasteiger partial charge in [-0.15, -0.1) is 24.8 Å². The van der Waals surface area contributed by atoms with E-state index >= 15 is 0 Å². The number of aromatic nitrogens is 1. The van der Waals surface area contributed by atoms with Gasteiger partial charge >= 0.3 is 0 Å². The molecule has 1 unspecified atom stereocenters. The fraction of sp³-hybridized carbons (Fsp3) is 0.304. The summed E-state index contributed by atoms with van der Waals surface area (Å²) in [4.78, 5) is 17.0. The molecule has 0 saturated carbocycles. The molecule has 1 amide bonds. The number of benzene rings is 2. The van der Waals surface area contributed by atoms with Gasteiger partial charge in [0.1, 0.15) is 0 Å². The first-order chi connectivity index (χ1) is 13.2. The van der Waals surface area contributed by atoms with Crippen LogP contribution >= 0.6 is 24.8 Å². The molecule has 0 radical (unpaired) electrons. The third kappa shape index (κ3) is 5.92. The maximum absolute atomic E-state index is 12.5. The molecule has 1 saturated heterocycles. The molecular formula is C23H27Cl2N3O. The van der Waals surface area contributed by atoms with Gasteiger partial charge in [-0.05, 0) is 74.2 Å². The Labute approximate surface area is 184 Å². The zero-order chi connectivity index (χ0) is 18.6. The summed E-state index contributed by atoms with van der Waals surface area (Å²) < 4.78 is 0. The van der Waals surface area contributed by atoms with E-state index in [1.54, 1.807) is 0 Å². The van der Waals surface area contributed by atoms with Crippen LogP contribution < -0.4 is 10.6 Å². The molecule has 1 aliphatic rings. The van der Waals surface area contributed by atoms with E-state index in [-0.39, 0.29) is 30.7 Å². The lowest BCUT2D eigenvalue weighted by molar-refractivity contribution is -0.115. The third-order valence-corrected chi connectivity index (χ3v) is 5.22. The van der Waals surface area contributed by atoms with Gasteiger partial charge in [0.2, 0.25) is 5.91 Å². The first kappa shape index (κ1) is 23.1. The van der Waals surface area contributed by atoms with E-state index < -0.39 is 0 Å². The molecule has 154 valence electrons. The minimum absolute atomic E-state index is 0. The van der Waals surface area contributed by atoms with Crippen molar-refractivity contribution in [2.75, 3.05) is 18.4 Å². The molecule has 1 fully saturated rings. The number of hydrogen-bond donors (Lipinski definition) is 2. The van der Waals surface area contributed by atoms with Crippen LogP contribution in [0, 0.1) is 12.8 Å². The van der Waals surface area contributed by atoms with Crippen LogP contribution in [-0.4, -0.2) is 24.0 Å². The third-order valence-electron chi connectivity index (χ3n) is 5.22. The van der Waals surface area contributed by atoms with Crippen LogP contribution in [0.15, 0.2) is 54.6 Å². The number of halogens is 2. The largest absolute Gasteiger partial charge is 0.325 e. The molecule has 2 aromatic carbocycles. The van der Waals surface area contributed by atoms with Crippen molar-refractivity contribution in [3.8, 4) is 0 Å². The van der Waals surface area contributed by atoms with Gasteiger partial charge in [-0.2, -0.15) is 0 Å². The standard InChI is InChI=1S/C23H25N3O.2ClH/c1-16-5-10-20-21(25-16)3-2-4-22(20)26-23(27)14-18-8-6-17(7-9-18)13-19-11-12-24-15-19;;/h2-10,19,24H,11-15H2,1H3,(H,26,27);2*1H. The SMILES string of the molecule is Cc1ccc2c(NC(=O)Cc3ccc(CC4CCNC4)cc3)cccc2n1.Cl.Cl. The van der Waals surface area contributed by atoms with Crippen LogP contribution in [0.3, 0.4) is 0 Å². The summed E-state index contributed by atoms with van der Waals surface area (Å²) in [5, 5.41) is 7.42. The van der Waals surface area contributed by atoms with Crippen LogP contribution in [-0.2, 0) is 17.6 Å². The summed E-state index contributed by atoms with van der Waals surface area (Å²) in [7, 11) is 0. The van der Waals surface area contributed by atoms with Crippen LogP contribution in [0.25, 0.3) is 10.9 Å². The highest BCUT2D eigenvalue weighted by Crippen LogP contribution is 2.22. The van der Waals surface area contributed by atoms with Gasteiger partial charge in [-0.25, -0.2) is 0 Å². The Bertz CT molecular complexity index is 954. The lowest BCUT2D eigenvalue weighted by atomic mass is 9.97. The number of carbonyl (C=O) groups excluding carboxylic acids is 1. The number of nitrogens with zero attached hydrogens (tertiary/aromatic N) is 1. The average molecular weight is 432 g/mol. The molecule has 1 aromatic heterocycles. The second kappa shape index (κ2) is 10.6. The molecule has 1 aliphatic heterocycles. The summed E-state index contributed by atoms with van der Waals surface area (Å²) in [6.07, 6.45) is 2.74. The first-order valence-electron chi connectivity index (χ1n) is 9.62. The molecule has 6 heteroatoms. The van der Waals surface area contributed by atoms with Crippen molar-refractivity contribution in [3.63, 3.8) is 0 Å². The van der Waals surface area contributed by atoms with E-state index in [0.717, 1.165) is 53.3 Å². The summed E-state index contributed by atoms with van der Waals surface area (Å²) in [6.45, 7) is 4.22. The summed E-state index contributed by atoms with van der Waals surface area (Å²) in [5.74, 6) is 0.735. The molecule has 29 heavy (non-hydrogen) atoms. The predicted molar refractivity (Wildman–Crippen MR) is 124 cm³/mol. The molecular weight excluding hydrogens is 405 g/mol. The molecule has 0 aliphatic carbocycles. The normalized spacial score (nSPS) is 15.4. The van der Waals surface area contributed by atoms with Crippen molar-refractivity contribution in [2.24, 2.45) is 5.92 Å². The Balaban J connectivity index is 0.00000150. The lowest BCUT2D eigenvalue weighted by Gasteiger charge is -2.10. The number of carbonyl (C=O) groups is 1. The smallest absolute Gasteiger partial charge is 0.228 e. The fourth-order valence-corrected chi connectivity index (χ4v) is 3.76. The Morgan fingerprint density at radius 1 is 1.07 bits per heavy atom. The Hall–Kier alpha value is -2.14. The maximum Gasteiger partial charge on any atom is 0.228 e. The van der Waals surface area contributed by atoms with E-state index in [4.69, 9.17) is 0 Å². The Kier molecular flexibility index (Phi) is 8.45. The highest BCUT2D eigenvalue weighted by Gasteiger charge is 2.15. The molecule has 4 rings (SSSR count). The highest BCUT2D eigenvalue weighted by molar-refractivity contribution is 6.01. The number of amides is 1. The van der Waals surface area contributed by atoms with Gasteiger partial charge in [0.05, 0.1) is 17.6 Å². The van der Waals surface area contributed by atoms with E-state index in [2.05, 4.69) is 39.9 Å². The first-order valence-corrected chi connectivity index (χ1v) is 9.62. The van der Waals surface area contributed by atoms with Gasteiger partial charge in [0.25, 0.3) is 0 Å². The highest BCUT2D eigenvalue weighted by atomic mass is 35.5. The number of aryl methyl sites for hydroxylation is 1. The average Bonchev–Trinajstić information content (AvgIpc) is 3.16. The van der Waals surface area contributed by atoms with E-state index in [1.807, 2.05) is 37.3 Å². The van der Waals surface area contributed by atoms with Crippen LogP contribution in [0.2, 0.25) is 0 Å². The summed E-state index contributed by atoms with van der Waals surface area (Å²) >= 11 is 0. The van der Waals surface area contributed by atoms with Crippen LogP contribution in [0.5, 0.6) is 0 Å². The van der Waals surface area contributed by atoms with Crippen molar-refractivity contribution in [1.29, 1.82) is 0 Å². The maximum atomic E-state index is 12.5. The van der Waals surface area contributed by atoms with Crippen LogP contribution in [0.1, 0.15) is 23.2 Å². The second-order valence-electron chi connectivity index (χ2n) is 7.43. The van der Waals surface area contributed by atoms with E-state index in [1.165, 1.54) is 12.0 Å². The van der Waals surface area contributed by atoms with Gasteiger partial charge < -0.3 is 10.6 Å². The van der Waals surface area contributed by atoms with E-state index in [0.29, 0.717) is 6.42 Å². The second-order valence-corrected chi connectivity index (χ2v) is 7.43. The number of hydrogen-bond acceptors (Lipinski definition) is 3. The summed E-state index contributed by atoms with van der Waals surface area (Å²) in [5.41, 5.74) is 5.08. The number of fused-ring (bicyclic) bond motifs is 1. The molecule has 1 atom stereocenters. The number of rotatable bonds is 5. The molecule has 0 bridgehead atoms. The zero-order valence-corrected chi connectivity index (χ0v) is 18.1. The van der Waals surface area contributed by atoms with Crippen LogP contribution in [0.4, 0.5) is 5.69 Å².